The third kappa shape index (κ3) is 3.17. The molecule has 0 saturated carbocycles. The maximum Gasteiger partial charge on any atom is 0.343 e. The van der Waals surface area contributed by atoms with Gasteiger partial charge in [0.25, 0.3) is 10.0 Å². The molecule has 0 saturated heterocycles. The quantitative estimate of drug-likeness (QED) is 0.623. The van der Waals surface area contributed by atoms with Gasteiger partial charge in [0.2, 0.25) is 0 Å². The fourth-order valence-electron chi connectivity index (χ4n) is 2.63. The van der Waals surface area contributed by atoms with Crippen molar-refractivity contribution in [1.29, 1.82) is 0 Å². The average Bonchev–Trinajstić information content (AvgIpc) is 3.08. The monoisotopic (exact) mass is 390 g/mol. The van der Waals surface area contributed by atoms with Crippen molar-refractivity contribution in [2.75, 3.05) is 14.2 Å². The van der Waals surface area contributed by atoms with Crippen molar-refractivity contribution in [1.82, 2.24) is 8.96 Å². The van der Waals surface area contributed by atoms with E-state index in [-0.39, 0.29) is 27.5 Å². The number of hydrogen-bond acceptors (Lipinski definition) is 6. The summed E-state index contributed by atoms with van der Waals surface area (Å²) in [5, 5.41) is 0. The number of halogens is 1. The van der Waals surface area contributed by atoms with Crippen molar-refractivity contribution in [3.63, 3.8) is 0 Å². The molecule has 0 bridgehead atoms. The van der Waals surface area contributed by atoms with Gasteiger partial charge in [-0.15, -0.1) is 0 Å². The van der Waals surface area contributed by atoms with Crippen LogP contribution in [0.5, 0.6) is 5.75 Å². The standard InChI is InChI=1S/C18H15FN2O5S/c1-25-17-14(18(22)26-2)11-21(16(17)13-7-3-4-8-15(13)19)27(23,24)12-6-5-9-20-10-12/h3-11H,1-2H3. The normalized spacial score (nSPS) is 11.2. The van der Waals surface area contributed by atoms with Gasteiger partial charge in [0.05, 0.1) is 14.2 Å². The van der Waals surface area contributed by atoms with Gasteiger partial charge in [-0.2, -0.15) is 0 Å². The van der Waals surface area contributed by atoms with E-state index in [1.165, 1.54) is 43.6 Å². The fourth-order valence-corrected chi connectivity index (χ4v) is 3.96. The van der Waals surface area contributed by atoms with Crippen LogP contribution in [0.2, 0.25) is 0 Å². The Morgan fingerprint density at radius 2 is 1.89 bits per heavy atom. The third-order valence-electron chi connectivity index (χ3n) is 3.86. The molecule has 0 N–H and O–H groups in total. The predicted octanol–water partition coefficient (Wildman–Crippen LogP) is 2.72. The highest BCUT2D eigenvalue weighted by molar-refractivity contribution is 7.90. The molecule has 9 heteroatoms. The van der Waals surface area contributed by atoms with Gasteiger partial charge in [0, 0.05) is 24.2 Å². The molecule has 27 heavy (non-hydrogen) atoms. The minimum absolute atomic E-state index is 0.0445. The van der Waals surface area contributed by atoms with Crippen molar-refractivity contribution in [3.05, 3.63) is 66.4 Å². The van der Waals surface area contributed by atoms with Gasteiger partial charge in [-0.25, -0.2) is 21.6 Å². The van der Waals surface area contributed by atoms with Gasteiger partial charge in [-0.1, -0.05) is 12.1 Å². The minimum atomic E-state index is -4.19. The summed E-state index contributed by atoms with van der Waals surface area (Å²) in [6.07, 6.45) is 3.63. The van der Waals surface area contributed by atoms with Crippen molar-refractivity contribution in [2.45, 2.75) is 4.90 Å². The molecular formula is C18H15FN2O5S. The lowest BCUT2D eigenvalue weighted by molar-refractivity contribution is 0.0597. The summed E-state index contributed by atoms with van der Waals surface area (Å²) >= 11 is 0. The molecule has 1 aromatic carbocycles. The molecule has 2 aromatic heterocycles. The molecule has 0 atom stereocenters. The maximum absolute atomic E-state index is 14.5. The number of benzene rings is 1. The molecular weight excluding hydrogens is 375 g/mol. The lowest BCUT2D eigenvalue weighted by atomic mass is 10.1. The fraction of sp³-hybridized carbons (Fsp3) is 0.111. The summed E-state index contributed by atoms with van der Waals surface area (Å²) in [5.41, 5.74) is -0.317. The molecule has 0 aliphatic rings. The van der Waals surface area contributed by atoms with E-state index in [9.17, 15) is 17.6 Å². The van der Waals surface area contributed by atoms with Crippen LogP contribution in [0.4, 0.5) is 4.39 Å². The minimum Gasteiger partial charge on any atom is -0.494 e. The number of carbonyl (C=O) groups is 1. The number of nitrogens with zero attached hydrogens (tertiary/aromatic N) is 2. The number of carbonyl (C=O) groups excluding carboxylic acids is 1. The number of rotatable bonds is 5. The number of aromatic nitrogens is 2. The van der Waals surface area contributed by atoms with Crippen LogP contribution in [0.3, 0.4) is 0 Å². The van der Waals surface area contributed by atoms with Gasteiger partial charge in [0.1, 0.15) is 22.0 Å². The second kappa shape index (κ2) is 7.20. The van der Waals surface area contributed by atoms with Crippen LogP contribution in [-0.4, -0.2) is 37.6 Å². The Morgan fingerprint density at radius 3 is 2.48 bits per heavy atom. The SMILES string of the molecule is COC(=O)c1cn(S(=O)(=O)c2cccnc2)c(-c2ccccc2F)c1OC. The van der Waals surface area contributed by atoms with Crippen LogP contribution < -0.4 is 4.74 Å². The Morgan fingerprint density at radius 1 is 1.15 bits per heavy atom. The molecule has 3 aromatic rings. The highest BCUT2D eigenvalue weighted by Gasteiger charge is 2.31. The Labute approximate surface area is 155 Å². The zero-order chi connectivity index (χ0) is 19.6. The first-order chi connectivity index (χ1) is 12.9. The van der Waals surface area contributed by atoms with E-state index in [1.807, 2.05) is 0 Å². The maximum atomic E-state index is 14.5. The summed E-state index contributed by atoms with van der Waals surface area (Å²) in [7, 11) is -1.78. The van der Waals surface area contributed by atoms with Crippen LogP contribution in [0, 0.1) is 5.82 Å². The lowest BCUT2D eigenvalue weighted by Crippen LogP contribution is -2.14. The van der Waals surface area contributed by atoms with Gasteiger partial charge in [-0.3, -0.25) is 4.98 Å². The molecule has 2 heterocycles. The highest BCUT2D eigenvalue weighted by atomic mass is 32.2. The lowest BCUT2D eigenvalue weighted by Gasteiger charge is -2.12. The molecule has 0 unspecified atom stereocenters. The van der Waals surface area contributed by atoms with Gasteiger partial charge in [-0.05, 0) is 24.3 Å². The highest BCUT2D eigenvalue weighted by Crippen LogP contribution is 2.38. The van der Waals surface area contributed by atoms with Crippen molar-refractivity contribution >= 4 is 16.0 Å². The van der Waals surface area contributed by atoms with E-state index >= 15 is 0 Å². The Kier molecular flexibility index (Phi) is 4.95. The van der Waals surface area contributed by atoms with Gasteiger partial charge >= 0.3 is 5.97 Å². The first kappa shape index (κ1) is 18.6. The number of methoxy groups -OCH3 is 2. The van der Waals surface area contributed by atoms with Crippen molar-refractivity contribution in [3.8, 4) is 17.0 Å². The van der Waals surface area contributed by atoms with Crippen LogP contribution in [0.1, 0.15) is 10.4 Å². The zero-order valence-corrected chi connectivity index (χ0v) is 15.2. The second-order valence-corrected chi connectivity index (χ2v) is 7.20. The topological polar surface area (TPSA) is 87.5 Å². The molecule has 0 radical (unpaired) electrons. The largest absolute Gasteiger partial charge is 0.494 e. The molecule has 3 rings (SSSR count). The molecule has 0 aliphatic heterocycles. The molecule has 7 nitrogen and oxygen atoms in total. The number of esters is 1. The molecule has 0 spiro atoms. The Balaban J connectivity index is 2.39. The third-order valence-corrected chi connectivity index (χ3v) is 5.50. The molecule has 0 aliphatic carbocycles. The second-order valence-electron chi connectivity index (χ2n) is 5.39. The van der Waals surface area contributed by atoms with Crippen LogP contribution in [-0.2, 0) is 14.8 Å². The van der Waals surface area contributed by atoms with E-state index in [2.05, 4.69) is 4.98 Å². The van der Waals surface area contributed by atoms with E-state index in [4.69, 9.17) is 9.47 Å². The molecule has 0 amide bonds. The van der Waals surface area contributed by atoms with E-state index in [0.717, 1.165) is 23.5 Å². The van der Waals surface area contributed by atoms with Crippen LogP contribution >= 0.6 is 0 Å². The number of pyridine rings is 1. The number of ether oxygens (including phenoxy) is 2. The first-order valence-electron chi connectivity index (χ1n) is 7.70. The first-order valence-corrected chi connectivity index (χ1v) is 9.14. The summed E-state index contributed by atoms with van der Waals surface area (Å²) in [6.45, 7) is 0. The predicted molar refractivity (Wildman–Crippen MR) is 94.5 cm³/mol. The van der Waals surface area contributed by atoms with Crippen molar-refractivity contribution < 1.29 is 27.1 Å². The van der Waals surface area contributed by atoms with E-state index in [1.54, 1.807) is 6.07 Å². The smallest absolute Gasteiger partial charge is 0.343 e. The van der Waals surface area contributed by atoms with E-state index in [0.29, 0.717) is 0 Å². The Hall–Kier alpha value is -3.20. The van der Waals surface area contributed by atoms with Gasteiger partial charge < -0.3 is 9.47 Å². The average molecular weight is 390 g/mol. The van der Waals surface area contributed by atoms with Crippen LogP contribution in [0.25, 0.3) is 11.3 Å². The molecule has 0 fully saturated rings. The van der Waals surface area contributed by atoms with E-state index < -0.39 is 21.8 Å². The van der Waals surface area contributed by atoms with Gasteiger partial charge in [0.15, 0.2) is 5.75 Å². The summed E-state index contributed by atoms with van der Waals surface area (Å²) in [4.78, 5) is 15.8. The summed E-state index contributed by atoms with van der Waals surface area (Å²) in [6, 6.07) is 8.39. The van der Waals surface area contributed by atoms with Crippen LogP contribution in [0.15, 0.2) is 59.9 Å². The molecule has 140 valence electrons. The summed E-state index contributed by atoms with van der Waals surface area (Å²) in [5.74, 6) is -1.60. The zero-order valence-electron chi connectivity index (χ0n) is 14.4. The van der Waals surface area contributed by atoms with Crippen molar-refractivity contribution in [2.24, 2.45) is 0 Å². The summed E-state index contributed by atoms with van der Waals surface area (Å²) < 4.78 is 51.5. The Bertz CT molecular complexity index is 1090. The number of hydrogen-bond donors (Lipinski definition) is 0.